The minimum atomic E-state index is 0.367. The zero-order chi connectivity index (χ0) is 13.6. The van der Waals surface area contributed by atoms with Crippen LogP contribution >= 0.6 is 15.9 Å². The number of halogens is 1. The van der Waals surface area contributed by atoms with E-state index in [1.807, 2.05) is 25.1 Å². The van der Waals surface area contributed by atoms with Crippen LogP contribution < -0.4 is 0 Å². The van der Waals surface area contributed by atoms with E-state index in [-0.39, 0.29) is 0 Å². The summed E-state index contributed by atoms with van der Waals surface area (Å²) in [5.41, 5.74) is 3.67. The van der Waals surface area contributed by atoms with E-state index in [4.69, 9.17) is 9.68 Å². The highest BCUT2D eigenvalue weighted by Gasteiger charge is 2.16. The monoisotopic (exact) mass is 316 g/mol. The minimum Gasteiger partial charge on any atom is -0.441 e. The van der Waals surface area contributed by atoms with Crippen LogP contribution in [0.2, 0.25) is 0 Å². The fourth-order valence-electron chi connectivity index (χ4n) is 2.07. The summed E-state index contributed by atoms with van der Waals surface area (Å²) in [4.78, 5) is 4.26. The molecule has 3 aromatic rings. The number of nitrogens with zero attached hydrogens (tertiary/aromatic N) is 4. The first kappa shape index (κ1) is 11.9. The highest BCUT2D eigenvalue weighted by Crippen LogP contribution is 2.32. The van der Waals surface area contributed by atoms with E-state index in [1.165, 1.54) is 0 Å². The van der Waals surface area contributed by atoms with Gasteiger partial charge in [-0.25, -0.2) is 4.98 Å². The van der Waals surface area contributed by atoms with Gasteiger partial charge in [0.2, 0.25) is 0 Å². The average Bonchev–Trinajstić information content (AvgIpc) is 2.87. The Morgan fingerprint density at radius 3 is 2.89 bits per heavy atom. The lowest BCUT2D eigenvalue weighted by atomic mass is 10.1. The van der Waals surface area contributed by atoms with Gasteiger partial charge in [-0.05, 0) is 28.1 Å². The molecule has 0 aliphatic carbocycles. The molecule has 6 heteroatoms. The molecule has 3 rings (SSSR count). The molecular weight excluding hydrogens is 308 g/mol. The lowest BCUT2D eigenvalue weighted by Crippen LogP contribution is -1.93. The molecule has 0 spiro atoms. The first-order chi connectivity index (χ1) is 9.10. The minimum absolute atomic E-state index is 0.367. The van der Waals surface area contributed by atoms with Crippen LogP contribution in [-0.2, 0) is 7.05 Å². The molecule has 0 radical (unpaired) electrons. The van der Waals surface area contributed by atoms with Gasteiger partial charge in [-0.1, -0.05) is 6.07 Å². The molecule has 94 valence electrons. The third-order valence-electron chi connectivity index (χ3n) is 2.86. The van der Waals surface area contributed by atoms with Crippen molar-refractivity contribution in [1.82, 2.24) is 14.8 Å². The summed E-state index contributed by atoms with van der Waals surface area (Å²) in [6.45, 7) is 1.81. The van der Waals surface area contributed by atoms with Gasteiger partial charge in [-0.2, -0.15) is 10.4 Å². The summed E-state index contributed by atoms with van der Waals surface area (Å²) in [7, 11) is 1.80. The molecule has 0 aliphatic heterocycles. The largest absolute Gasteiger partial charge is 0.441 e. The Kier molecular flexibility index (Phi) is 2.64. The van der Waals surface area contributed by atoms with E-state index in [0.29, 0.717) is 16.1 Å². The number of aromatic nitrogens is 3. The van der Waals surface area contributed by atoms with Crippen molar-refractivity contribution in [3.05, 3.63) is 34.3 Å². The molecule has 0 amide bonds. The van der Waals surface area contributed by atoms with E-state index >= 15 is 0 Å². The quantitative estimate of drug-likeness (QED) is 0.691. The van der Waals surface area contributed by atoms with E-state index in [2.05, 4.69) is 32.1 Å². The van der Waals surface area contributed by atoms with Gasteiger partial charge in [0, 0.05) is 19.5 Å². The second-order valence-corrected chi connectivity index (χ2v) is 4.95. The first-order valence-electron chi connectivity index (χ1n) is 5.60. The molecule has 0 atom stereocenters. The van der Waals surface area contributed by atoms with Crippen LogP contribution in [0.5, 0.6) is 0 Å². The van der Waals surface area contributed by atoms with E-state index in [1.54, 1.807) is 11.7 Å². The van der Waals surface area contributed by atoms with Crippen LogP contribution in [0.1, 0.15) is 11.6 Å². The van der Waals surface area contributed by atoms with Crippen molar-refractivity contribution in [1.29, 1.82) is 5.26 Å². The molecule has 2 aromatic heterocycles. The Labute approximate surface area is 117 Å². The zero-order valence-electron chi connectivity index (χ0n) is 10.3. The highest BCUT2D eigenvalue weighted by molar-refractivity contribution is 9.10. The summed E-state index contributed by atoms with van der Waals surface area (Å²) >= 11 is 3.42. The smallest absolute Gasteiger partial charge is 0.192 e. The second-order valence-electron chi connectivity index (χ2n) is 4.16. The van der Waals surface area contributed by atoms with E-state index < -0.39 is 0 Å². The topological polar surface area (TPSA) is 67.6 Å². The summed E-state index contributed by atoms with van der Waals surface area (Å²) in [6, 6.07) is 7.79. The van der Waals surface area contributed by atoms with E-state index in [0.717, 1.165) is 22.4 Å². The SMILES string of the molecule is Cc1nc2ccc(-c3c(Br)c(C#N)nn3C)cc2o1. The third-order valence-corrected chi connectivity index (χ3v) is 3.62. The number of rotatable bonds is 1. The van der Waals surface area contributed by atoms with Gasteiger partial charge in [0.15, 0.2) is 17.2 Å². The van der Waals surface area contributed by atoms with Gasteiger partial charge < -0.3 is 4.42 Å². The number of hydrogen-bond donors (Lipinski definition) is 0. The molecule has 0 fully saturated rings. The molecule has 19 heavy (non-hydrogen) atoms. The Morgan fingerprint density at radius 2 is 2.21 bits per heavy atom. The normalized spacial score (nSPS) is 10.8. The predicted octanol–water partition coefficient (Wildman–Crippen LogP) is 3.17. The number of hydrogen-bond acceptors (Lipinski definition) is 4. The molecule has 1 aromatic carbocycles. The Bertz CT molecular complexity index is 825. The fraction of sp³-hybridized carbons (Fsp3) is 0.154. The van der Waals surface area contributed by atoms with Crippen LogP contribution in [0.25, 0.3) is 22.4 Å². The maximum absolute atomic E-state index is 8.99. The molecule has 0 saturated carbocycles. The second kappa shape index (κ2) is 4.21. The summed E-state index contributed by atoms with van der Waals surface area (Å²) in [5, 5.41) is 13.1. The Morgan fingerprint density at radius 1 is 1.42 bits per heavy atom. The summed E-state index contributed by atoms with van der Waals surface area (Å²) in [5.74, 6) is 0.633. The van der Waals surface area contributed by atoms with Crippen LogP contribution in [0.3, 0.4) is 0 Å². The molecule has 2 heterocycles. The maximum atomic E-state index is 8.99. The van der Waals surface area contributed by atoms with Gasteiger partial charge in [-0.3, -0.25) is 4.68 Å². The standard InChI is InChI=1S/C13H9BrN4O/c1-7-16-9-4-3-8(5-11(9)19-7)13-12(14)10(6-15)17-18(13)2/h3-5H,1-2H3. The van der Waals surface area contributed by atoms with Crippen molar-refractivity contribution in [3.63, 3.8) is 0 Å². The molecule has 5 nitrogen and oxygen atoms in total. The Balaban J connectivity index is 2.24. The number of aryl methyl sites for hydroxylation is 2. The summed E-state index contributed by atoms with van der Waals surface area (Å²) < 4.78 is 7.88. The summed E-state index contributed by atoms with van der Waals surface area (Å²) in [6.07, 6.45) is 0. The lowest BCUT2D eigenvalue weighted by molar-refractivity contribution is 0.561. The van der Waals surface area contributed by atoms with Crippen LogP contribution in [0.15, 0.2) is 27.1 Å². The van der Waals surface area contributed by atoms with Crippen molar-refractivity contribution >= 4 is 27.0 Å². The molecular formula is C13H9BrN4O. The van der Waals surface area contributed by atoms with Crippen LogP contribution in [-0.4, -0.2) is 14.8 Å². The van der Waals surface area contributed by atoms with E-state index in [9.17, 15) is 0 Å². The number of fused-ring (bicyclic) bond motifs is 1. The molecule has 0 unspecified atom stereocenters. The predicted molar refractivity (Wildman–Crippen MR) is 73.4 cm³/mol. The van der Waals surface area contributed by atoms with Crippen molar-refractivity contribution in [3.8, 4) is 17.3 Å². The molecule has 0 aliphatic rings. The van der Waals surface area contributed by atoms with Crippen molar-refractivity contribution in [2.24, 2.45) is 7.05 Å². The highest BCUT2D eigenvalue weighted by atomic mass is 79.9. The van der Waals surface area contributed by atoms with Crippen molar-refractivity contribution < 1.29 is 4.42 Å². The van der Waals surface area contributed by atoms with Crippen molar-refractivity contribution in [2.75, 3.05) is 0 Å². The van der Waals surface area contributed by atoms with Gasteiger partial charge in [0.25, 0.3) is 0 Å². The van der Waals surface area contributed by atoms with Crippen LogP contribution in [0, 0.1) is 18.3 Å². The van der Waals surface area contributed by atoms with Crippen molar-refractivity contribution in [2.45, 2.75) is 6.92 Å². The lowest BCUT2D eigenvalue weighted by Gasteiger charge is -2.02. The average molecular weight is 317 g/mol. The zero-order valence-corrected chi connectivity index (χ0v) is 11.9. The number of nitriles is 1. The maximum Gasteiger partial charge on any atom is 0.192 e. The van der Waals surface area contributed by atoms with Gasteiger partial charge in [0.1, 0.15) is 11.6 Å². The van der Waals surface area contributed by atoms with Gasteiger partial charge >= 0.3 is 0 Å². The fourth-order valence-corrected chi connectivity index (χ4v) is 2.72. The van der Waals surface area contributed by atoms with Gasteiger partial charge in [0.05, 0.1) is 10.2 Å². The molecule has 0 N–H and O–H groups in total. The molecule has 0 saturated heterocycles. The first-order valence-corrected chi connectivity index (χ1v) is 6.39. The Hall–Kier alpha value is -2.13. The third kappa shape index (κ3) is 1.83. The van der Waals surface area contributed by atoms with Crippen LogP contribution in [0.4, 0.5) is 0 Å². The van der Waals surface area contributed by atoms with Gasteiger partial charge in [-0.15, -0.1) is 0 Å². The number of benzene rings is 1. The number of oxazole rings is 1. The molecule has 0 bridgehead atoms.